The fourth-order valence-corrected chi connectivity index (χ4v) is 2.31. The normalized spacial score (nSPS) is 33.4. The second kappa shape index (κ2) is 2.44. The lowest BCUT2D eigenvalue weighted by molar-refractivity contribution is -0.134. The number of hydrogen-bond donors (Lipinski definition) is 0. The second-order valence-electron chi connectivity index (χ2n) is 3.83. The van der Waals surface area contributed by atoms with E-state index in [2.05, 4.69) is 12.2 Å². The number of carbonyl (C=O) groups excluding carboxylic acids is 2. The Morgan fingerprint density at radius 2 is 1.86 bits per heavy atom. The fraction of sp³-hybridized carbons (Fsp3) is 0.273. The van der Waals surface area contributed by atoms with E-state index in [1.165, 1.54) is 17.1 Å². The van der Waals surface area contributed by atoms with Gasteiger partial charge in [-0.2, -0.15) is 0 Å². The number of nitrogens with zero attached hydrogens (tertiary/aromatic N) is 1. The molecular formula is C11H9NO2. The zero-order valence-electron chi connectivity index (χ0n) is 7.51. The van der Waals surface area contributed by atoms with E-state index >= 15 is 0 Å². The summed E-state index contributed by atoms with van der Waals surface area (Å²) in [6.07, 6.45) is 9.92. The highest BCUT2D eigenvalue weighted by Gasteiger charge is 2.37. The summed E-state index contributed by atoms with van der Waals surface area (Å²) in [5.74, 6) is 0.286. The van der Waals surface area contributed by atoms with Gasteiger partial charge in [0, 0.05) is 23.8 Å². The van der Waals surface area contributed by atoms with Gasteiger partial charge in [-0.25, -0.2) is 4.90 Å². The number of rotatable bonds is 1. The van der Waals surface area contributed by atoms with Gasteiger partial charge in [-0.15, -0.1) is 0 Å². The van der Waals surface area contributed by atoms with E-state index in [0.29, 0.717) is 5.92 Å². The Labute approximate surface area is 81.4 Å². The number of carbonyl (C=O) groups is 2. The first-order valence-corrected chi connectivity index (χ1v) is 4.72. The van der Waals surface area contributed by atoms with Gasteiger partial charge in [-0.3, -0.25) is 9.59 Å². The predicted octanol–water partition coefficient (Wildman–Crippen LogP) is 1.00. The molecule has 2 bridgehead atoms. The summed E-state index contributed by atoms with van der Waals surface area (Å²) in [7, 11) is 0. The monoisotopic (exact) mass is 187 g/mol. The predicted molar refractivity (Wildman–Crippen MR) is 49.8 cm³/mol. The Morgan fingerprint density at radius 3 is 2.36 bits per heavy atom. The summed E-state index contributed by atoms with van der Waals surface area (Å²) in [6, 6.07) is 0. The summed E-state index contributed by atoms with van der Waals surface area (Å²) in [5.41, 5.74) is 0.873. The molecule has 0 fully saturated rings. The Bertz CT molecular complexity index is 399. The third-order valence-corrected chi connectivity index (χ3v) is 2.95. The maximum absolute atomic E-state index is 11.4. The molecule has 1 heterocycles. The molecule has 70 valence electrons. The van der Waals surface area contributed by atoms with E-state index in [-0.39, 0.29) is 17.7 Å². The Morgan fingerprint density at radius 1 is 1.14 bits per heavy atom. The third-order valence-electron chi connectivity index (χ3n) is 2.95. The quantitative estimate of drug-likeness (QED) is 0.453. The lowest BCUT2D eigenvalue weighted by atomic mass is 10.1. The van der Waals surface area contributed by atoms with Crippen LogP contribution in [0.2, 0.25) is 0 Å². The molecule has 0 aromatic rings. The van der Waals surface area contributed by atoms with Crippen molar-refractivity contribution >= 4 is 11.8 Å². The van der Waals surface area contributed by atoms with Crippen LogP contribution in [-0.4, -0.2) is 16.7 Å². The van der Waals surface area contributed by atoms with Crippen molar-refractivity contribution < 1.29 is 9.59 Å². The van der Waals surface area contributed by atoms with E-state index in [0.717, 1.165) is 12.1 Å². The Balaban J connectivity index is 1.95. The molecule has 3 nitrogen and oxygen atoms in total. The van der Waals surface area contributed by atoms with Gasteiger partial charge in [0.2, 0.25) is 0 Å². The van der Waals surface area contributed by atoms with E-state index < -0.39 is 0 Å². The zero-order valence-corrected chi connectivity index (χ0v) is 7.51. The van der Waals surface area contributed by atoms with Crippen LogP contribution in [0.15, 0.2) is 36.1 Å². The lowest BCUT2D eigenvalue weighted by Crippen LogP contribution is -2.31. The number of imide groups is 1. The highest BCUT2D eigenvalue weighted by molar-refractivity contribution is 6.14. The highest BCUT2D eigenvalue weighted by atomic mass is 16.2. The summed E-state index contributed by atoms with van der Waals surface area (Å²) < 4.78 is 0. The highest BCUT2D eigenvalue weighted by Crippen LogP contribution is 2.40. The largest absolute Gasteiger partial charge is 0.269 e. The average Bonchev–Trinajstić information content (AvgIpc) is 2.81. The lowest BCUT2D eigenvalue weighted by Gasteiger charge is -2.19. The SMILES string of the molecule is O=C1C=CC(=O)N1C1=CC2C=CC1C2. The molecular weight excluding hydrogens is 178 g/mol. The standard InChI is InChI=1S/C11H9NO2/c13-10-3-4-11(14)12(10)9-6-7-1-2-8(9)5-7/h1-4,6-8H,5H2. The molecule has 0 saturated carbocycles. The minimum Gasteiger partial charge on any atom is -0.269 e. The number of allylic oxidation sites excluding steroid dienone is 3. The number of hydrogen-bond acceptors (Lipinski definition) is 2. The topological polar surface area (TPSA) is 37.4 Å². The molecule has 2 unspecified atom stereocenters. The average molecular weight is 187 g/mol. The molecule has 2 amide bonds. The minimum atomic E-state index is -0.206. The molecule has 0 radical (unpaired) electrons. The van der Waals surface area contributed by atoms with Gasteiger partial charge in [-0.05, 0) is 12.3 Å². The summed E-state index contributed by atoms with van der Waals surface area (Å²) in [6.45, 7) is 0. The van der Waals surface area contributed by atoms with Crippen molar-refractivity contribution in [2.45, 2.75) is 6.42 Å². The maximum atomic E-state index is 11.4. The van der Waals surface area contributed by atoms with Gasteiger partial charge < -0.3 is 0 Å². The number of fused-ring (bicyclic) bond motifs is 2. The third kappa shape index (κ3) is 0.867. The molecule has 2 aliphatic carbocycles. The molecule has 3 aliphatic rings. The summed E-state index contributed by atoms with van der Waals surface area (Å²) >= 11 is 0. The Hall–Kier alpha value is -1.64. The van der Waals surface area contributed by atoms with Crippen LogP contribution in [0.5, 0.6) is 0 Å². The molecule has 0 saturated heterocycles. The van der Waals surface area contributed by atoms with Gasteiger partial charge in [0.05, 0.1) is 0 Å². The van der Waals surface area contributed by atoms with Crippen LogP contribution in [-0.2, 0) is 9.59 Å². The van der Waals surface area contributed by atoms with E-state index in [1.54, 1.807) is 0 Å². The van der Waals surface area contributed by atoms with Crippen LogP contribution in [0.4, 0.5) is 0 Å². The first kappa shape index (κ1) is 7.74. The van der Waals surface area contributed by atoms with E-state index in [9.17, 15) is 9.59 Å². The van der Waals surface area contributed by atoms with Gasteiger partial charge in [0.15, 0.2) is 0 Å². The molecule has 3 rings (SSSR count). The smallest absolute Gasteiger partial charge is 0.257 e. The van der Waals surface area contributed by atoms with Crippen molar-refractivity contribution in [3.63, 3.8) is 0 Å². The first-order chi connectivity index (χ1) is 6.75. The van der Waals surface area contributed by atoms with Gasteiger partial charge in [0.25, 0.3) is 11.8 Å². The van der Waals surface area contributed by atoms with Crippen LogP contribution in [0.1, 0.15) is 6.42 Å². The molecule has 0 aromatic heterocycles. The summed E-state index contributed by atoms with van der Waals surface area (Å²) in [4.78, 5) is 24.1. The molecule has 0 aromatic carbocycles. The zero-order chi connectivity index (χ0) is 9.71. The van der Waals surface area contributed by atoms with Crippen molar-refractivity contribution in [1.82, 2.24) is 4.90 Å². The van der Waals surface area contributed by atoms with Gasteiger partial charge in [0.1, 0.15) is 0 Å². The van der Waals surface area contributed by atoms with Crippen LogP contribution >= 0.6 is 0 Å². The fourth-order valence-electron chi connectivity index (χ4n) is 2.31. The van der Waals surface area contributed by atoms with Crippen LogP contribution in [0, 0.1) is 11.8 Å². The molecule has 3 heteroatoms. The molecule has 0 N–H and O–H groups in total. The van der Waals surface area contributed by atoms with Crippen molar-refractivity contribution in [1.29, 1.82) is 0 Å². The van der Waals surface area contributed by atoms with Crippen molar-refractivity contribution in [3.05, 3.63) is 36.1 Å². The van der Waals surface area contributed by atoms with E-state index in [1.807, 2.05) is 6.08 Å². The van der Waals surface area contributed by atoms with Gasteiger partial charge in [-0.1, -0.05) is 18.2 Å². The second-order valence-corrected chi connectivity index (χ2v) is 3.83. The first-order valence-electron chi connectivity index (χ1n) is 4.72. The minimum absolute atomic E-state index is 0.206. The maximum Gasteiger partial charge on any atom is 0.257 e. The van der Waals surface area contributed by atoms with Crippen LogP contribution < -0.4 is 0 Å². The molecule has 1 aliphatic heterocycles. The number of amides is 2. The summed E-state index contributed by atoms with van der Waals surface area (Å²) in [5, 5.41) is 0. The van der Waals surface area contributed by atoms with Crippen LogP contribution in [0.3, 0.4) is 0 Å². The molecule has 14 heavy (non-hydrogen) atoms. The van der Waals surface area contributed by atoms with E-state index in [4.69, 9.17) is 0 Å². The Kier molecular flexibility index (Phi) is 1.35. The van der Waals surface area contributed by atoms with Crippen molar-refractivity contribution in [2.75, 3.05) is 0 Å². The van der Waals surface area contributed by atoms with Crippen LogP contribution in [0.25, 0.3) is 0 Å². The van der Waals surface area contributed by atoms with Gasteiger partial charge >= 0.3 is 0 Å². The van der Waals surface area contributed by atoms with Crippen molar-refractivity contribution in [3.8, 4) is 0 Å². The molecule has 2 atom stereocenters. The molecule has 0 spiro atoms. The van der Waals surface area contributed by atoms with Crippen molar-refractivity contribution in [2.24, 2.45) is 11.8 Å².